The second-order valence-corrected chi connectivity index (χ2v) is 3.67. The summed E-state index contributed by atoms with van der Waals surface area (Å²) in [5.74, 6) is -0.903. The van der Waals surface area contributed by atoms with Crippen LogP contribution in [0.5, 0.6) is 11.8 Å². The number of nitrogens with zero attached hydrogens (tertiary/aromatic N) is 1. The molecule has 0 unspecified atom stereocenters. The SMILES string of the molecule is O=C(O)On1c(O)cc(Cc2ccccc2)c1O. The van der Waals surface area contributed by atoms with Gasteiger partial charge in [0.15, 0.2) is 0 Å². The number of aromatic hydroxyl groups is 2. The van der Waals surface area contributed by atoms with Crippen molar-refractivity contribution in [3.05, 3.63) is 47.5 Å². The van der Waals surface area contributed by atoms with E-state index in [9.17, 15) is 15.0 Å². The summed E-state index contributed by atoms with van der Waals surface area (Å²) in [4.78, 5) is 14.6. The second-order valence-electron chi connectivity index (χ2n) is 3.67. The van der Waals surface area contributed by atoms with Crippen LogP contribution in [0.4, 0.5) is 4.79 Å². The zero-order valence-corrected chi connectivity index (χ0v) is 9.28. The van der Waals surface area contributed by atoms with Gasteiger partial charge in [-0.2, -0.15) is 0 Å². The van der Waals surface area contributed by atoms with Crippen LogP contribution in [0.25, 0.3) is 0 Å². The van der Waals surface area contributed by atoms with Crippen LogP contribution < -0.4 is 4.84 Å². The first kappa shape index (κ1) is 11.8. The Kier molecular flexibility index (Phi) is 3.09. The highest BCUT2D eigenvalue weighted by Gasteiger charge is 2.17. The molecular weight excluding hydrogens is 238 g/mol. The minimum Gasteiger partial charge on any atom is -0.492 e. The van der Waals surface area contributed by atoms with Gasteiger partial charge in [0.2, 0.25) is 11.8 Å². The molecule has 0 aliphatic heterocycles. The van der Waals surface area contributed by atoms with Crippen molar-refractivity contribution < 1.29 is 25.0 Å². The Labute approximate surface area is 102 Å². The third-order valence-corrected chi connectivity index (χ3v) is 2.40. The first-order valence-corrected chi connectivity index (χ1v) is 5.15. The largest absolute Gasteiger partial charge is 0.531 e. The molecule has 1 aromatic heterocycles. The number of carbonyl (C=O) groups is 1. The maximum Gasteiger partial charge on any atom is 0.531 e. The van der Waals surface area contributed by atoms with Crippen molar-refractivity contribution in [1.29, 1.82) is 0 Å². The number of aromatic nitrogens is 1. The fourth-order valence-electron chi connectivity index (χ4n) is 1.63. The number of hydrogen-bond donors (Lipinski definition) is 3. The van der Waals surface area contributed by atoms with Gasteiger partial charge in [-0.25, -0.2) is 4.79 Å². The zero-order chi connectivity index (χ0) is 13.1. The van der Waals surface area contributed by atoms with Gasteiger partial charge in [0, 0.05) is 18.1 Å². The molecule has 94 valence electrons. The Morgan fingerprint density at radius 3 is 2.50 bits per heavy atom. The van der Waals surface area contributed by atoms with Crippen molar-refractivity contribution in [2.45, 2.75) is 6.42 Å². The third kappa shape index (κ3) is 2.37. The Bertz CT molecular complexity index is 561. The van der Waals surface area contributed by atoms with Gasteiger partial charge in [-0.05, 0) is 5.56 Å². The average molecular weight is 249 g/mol. The van der Waals surface area contributed by atoms with Crippen LogP contribution in [0, 0.1) is 0 Å². The zero-order valence-electron chi connectivity index (χ0n) is 9.28. The smallest absolute Gasteiger partial charge is 0.492 e. The highest BCUT2D eigenvalue weighted by Crippen LogP contribution is 2.28. The summed E-state index contributed by atoms with van der Waals surface area (Å²) >= 11 is 0. The van der Waals surface area contributed by atoms with Crippen molar-refractivity contribution in [1.82, 2.24) is 4.73 Å². The lowest BCUT2D eigenvalue weighted by molar-refractivity contribution is 0.0643. The molecule has 2 aromatic rings. The highest BCUT2D eigenvalue weighted by molar-refractivity contribution is 5.58. The topological polar surface area (TPSA) is 91.9 Å². The molecule has 0 radical (unpaired) electrons. The van der Waals surface area contributed by atoms with Gasteiger partial charge in [-0.15, -0.1) is 4.73 Å². The molecule has 3 N–H and O–H groups in total. The summed E-state index contributed by atoms with van der Waals surface area (Å²) in [6.07, 6.45) is -1.27. The summed E-state index contributed by atoms with van der Waals surface area (Å²) in [6.45, 7) is 0. The summed E-state index contributed by atoms with van der Waals surface area (Å²) < 4.78 is 0.459. The minimum absolute atomic E-state index is 0.357. The number of benzene rings is 1. The maximum atomic E-state index is 10.4. The van der Waals surface area contributed by atoms with Gasteiger partial charge in [0.25, 0.3) is 0 Å². The Morgan fingerprint density at radius 1 is 1.22 bits per heavy atom. The van der Waals surface area contributed by atoms with Crippen molar-refractivity contribution in [3.63, 3.8) is 0 Å². The van der Waals surface area contributed by atoms with E-state index in [1.807, 2.05) is 30.3 Å². The number of carboxylic acid groups (broad SMARTS) is 1. The van der Waals surface area contributed by atoms with E-state index < -0.39 is 17.9 Å². The quantitative estimate of drug-likeness (QED) is 0.768. The molecule has 6 heteroatoms. The molecule has 0 bridgehead atoms. The Hall–Kier alpha value is -2.63. The van der Waals surface area contributed by atoms with E-state index in [1.165, 1.54) is 6.07 Å². The lowest BCUT2D eigenvalue weighted by atomic mass is 10.1. The third-order valence-electron chi connectivity index (χ3n) is 2.40. The monoisotopic (exact) mass is 249 g/mol. The minimum atomic E-state index is -1.62. The fraction of sp³-hybridized carbons (Fsp3) is 0.0833. The Balaban J connectivity index is 2.27. The van der Waals surface area contributed by atoms with E-state index in [4.69, 9.17) is 5.11 Å². The van der Waals surface area contributed by atoms with Crippen molar-refractivity contribution >= 4 is 6.16 Å². The molecule has 6 nitrogen and oxygen atoms in total. The molecule has 0 fully saturated rings. The van der Waals surface area contributed by atoms with Crippen LogP contribution in [0.15, 0.2) is 36.4 Å². The maximum absolute atomic E-state index is 10.4. The fourth-order valence-corrected chi connectivity index (χ4v) is 1.63. The van der Waals surface area contributed by atoms with Crippen LogP contribution >= 0.6 is 0 Å². The van der Waals surface area contributed by atoms with Crippen molar-refractivity contribution in [2.75, 3.05) is 0 Å². The van der Waals surface area contributed by atoms with Gasteiger partial charge in [0.05, 0.1) is 0 Å². The van der Waals surface area contributed by atoms with E-state index in [0.29, 0.717) is 16.7 Å². The van der Waals surface area contributed by atoms with Gasteiger partial charge < -0.3 is 15.3 Å². The molecule has 0 atom stereocenters. The van der Waals surface area contributed by atoms with Gasteiger partial charge in [-0.1, -0.05) is 30.3 Å². The first-order valence-electron chi connectivity index (χ1n) is 5.15. The molecule has 0 saturated carbocycles. The molecule has 18 heavy (non-hydrogen) atoms. The van der Waals surface area contributed by atoms with Crippen LogP contribution in [0.2, 0.25) is 0 Å². The predicted octanol–water partition coefficient (Wildman–Crippen LogP) is 1.60. The summed E-state index contributed by atoms with van der Waals surface area (Å²) in [6, 6.07) is 10.5. The molecule has 0 spiro atoms. The lowest BCUT2D eigenvalue weighted by Crippen LogP contribution is -2.16. The van der Waals surface area contributed by atoms with Gasteiger partial charge >= 0.3 is 6.16 Å². The Morgan fingerprint density at radius 2 is 1.89 bits per heavy atom. The molecule has 0 aliphatic rings. The van der Waals surface area contributed by atoms with E-state index in [2.05, 4.69) is 4.84 Å². The summed E-state index contributed by atoms with van der Waals surface area (Å²) in [5.41, 5.74) is 1.29. The van der Waals surface area contributed by atoms with E-state index in [0.717, 1.165) is 5.56 Å². The summed E-state index contributed by atoms with van der Waals surface area (Å²) in [7, 11) is 0. The number of rotatable bonds is 3. The first-order chi connectivity index (χ1) is 8.58. The van der Waals surface area contributed by atoms with Crippen LogP contribution in [-0.4, -0.2) is 26.2 Å². The summed E-state index contributed by atoms with van der Waals surface area (Å²) in [5, 5.41) is 27.6. The predicted molar refractivity (Wildman–Crippen MR) is 61.6 cm³/mol. The van der Waals surface area contributed by atoms with E-state index in [1.54, 1.807) is 0 Å². The molecule has 0 saturated heterocycles. The van der Waals surface area contributed by atoms with Crippen LogP contribution in [0.1, 0.15) is 11.1 Å². The van der Waals surface area contributed by atoms with Crippen molar-refractivity contribution in [2.24, 2.45) is 0 Å². The number of hydrogen-bond acceptors (Lipinski definition) is 4. The molecule has 1 heterocycles. The van der Waals surface area contributed by atoms with Gasteiger partial charge in [-0.3, -0.25) is 4.84 Å². The van der Waals surface area contributed by atoms with E-state index >= 15 is 0 Å². The molecule has 1 aromatic carbocycles. The molecule has 2 rings (SSSR count). The molecular formula is C12H11NO5. The normalized spacial score (nSPS) is 10.2. The van der Waals surface area contributed by atoms with Gasteiger partial charge in [0.1, 0.15) is 0 Å². The lowest BCUT2D eigenvalue weighted by Gasteiger charge is -2.03. The van der Waals surface area contributed by atoms with Crippen molar-refractivity contribution in [3.8, 4) is 11.8 Å². The van der Waals surface area contributed by atoms with Crippen LogP contribution in [0.3, 0.4) is 0 Å². The molecule has 0 amide bonds. The average Bonchev–Trinajstić information content (AvgIpc) is 2.58. The molecule has 0 aliphatic carbocycles. The van der Waals surface area contributed by atoms with Crippen LogP contribution in [-0.2, 0) is 6.42 Å². The second kappa shape index (κ2) is 4.70. The van der Waals surface area contributed by atoms with E-state index in [-0.39, 0.29) is 0 Å². The highest BCUT2D eigenvalue weighted by atomic mass is 16.8. The standard InChI is InChI=1S/C12H11NO5/c14-10-7-9(6-8-4-2-1-3-5-8)11(15)13(10)18-12(16)17/h1-5,7,14-15H,6H2,(H,16,17).